The van der Waals surface area contributed by atoms with E-state index in [9.17, 15) is 0 Å². The molecule has 3 rings (SSSR count). The fraction of sp³-hybridized carbons (Fsp3) is 0.379. The van der Waals surface area contributed by atoms with Crippen LogP contribution in [-0.2, 0) is 10.2 Å². The fourth-order valence-electron chi connectivity index (χ4n) is 3.33. The van der Waals surface area contributed by atoms with E-state index in [1.54, 1.807) is 18.9 Å². The van der Waals surface area contributed by atoms with Crippen molar-refractivity contribution in [2.45, 2.75) is 68.0 Å². The lowest BCUT2D eigenvalue weighted by Gasteiger charge is -2.41. The van der Waals surface area contributed by atoms with Crippen LogP contribution in [0.3, 0.4) is 0 Å². The molecule has 0 fully saturated rings. The van der Waals surface area contributed by atoms with Gasteiger partial charge in [0.25, 0.3) is 0 Å². The van der Waals surface area contributed by atoms with E-state index in [-0.39, 0.29) is 11.0 Å². The monoisotopic (exact) mass is 479 g/mol. The van der Waals surface area contributed by atoms with Crippen LogP contribution in [0.15, 0.2) is 82.6 Å². The normalized spacial score (nSPS) is 12.5. The van der Waals surface area contributed by atoms with E-state index in [2.05, 4.69) is 64.1 Å². The van der Waals surface area contributed by atoms with Crippen molar-refractivity contribution in [2.24, 2.45) is 5.73 Å². The summed E-state index contributed by atoms with van der Waals surface area (Å²) in [7, 11) is 1.77. The summed E-state index contributed by atoms with van der Waals surface area (Å²) in [6.07, 6.45) is 0. The van der Waals surface area contributed by atoms with Crippen molar-refractivity contribution in [3.63, 3.8) is 0 Å². The van der Waals surface area contributed by atoms with Crippen LogP contribution in [0.4, 0.5) is 0 Å². The Labute approximate surface area is 208 Å². The summed E-state index contributed by atoms with van der Waals surface area (Å²) < 4.78 is 17.6. The van der Waals surface area contributed by atoms with Gasteiger partial charge >= 0.3 is 0 Å². The highest BCUT2D eigenvalue weighted by Crippen LogP contribution is 2.38. The highest BCUT2D eigenvalue weighted by Gasteiger charge is 2.38. The standard InChI is InChI=1S/C29H37NO3S/c1-27(2,20-30)33-24-12-10-22(11-13-24)32-23-14-18-26(19-15-23)34-25-16-8-21(9-17-25)28(3,4)29(5,6)31-7/h8-19H,20,30H2,1-7H3. The lowest BCUT2D eigenvalue weighted by Crippen LogP contribution is -2.44. The molecule has 0 amide bonds. The Kier molecular flexibility index (Phi) is 8.02. The van der Waals surface area contributed by atoms with Crippen LogP contribution in [0.5, 0.6) is 17.2 Å². The number of rotatable bonds is 10. The Morgan fingerprint density at radius 3 is 1.59 bits per heavy atom. The molecular formula is C29H37NO3S. The minimum atomic E-state index is -0.396. The second kappa shape index (κ2) is 10.4. The molecule has 0 aliphatic heterocycles. The first-order valence-corrected chi connectivity index (χ1v) is 12.4. The van der Waals surface area contributed by atoms with Gasteiger partial charge in [-0.15, -0.1) is 0 Å². The summed E-state index contributed by atoms with van der Waals surface area (Å²) in [5.74, 6) is 2.32. The Bertz CT molecular complexity index is 1060. The fourth-order valence-corrected chi connectivity index (χ4v) is 4.14. The predicted molar refractivity (Wildman–Crippen MR) is 141 cm³/mol. The largest absolute Gasteiger partial charge is 0.487 e. The number of ether oxygens (including phenoxy) is 3. The summed E-state index contributed by atoms with van der Waals surface area (Å²) in [5, 5.41) is 0. The van der Waals surface area contributed by atoms with Gasteiger partial charge in [-0.05, 0) is 93.9 Å². The molecule has 0 aliphatic rings. The second-order valence-electron chi connectivity index (χ2n) is 10.1. The Hall–Kier alpha value is -2.47. The number of nitrogens with two attached hydrogens (primary N) is 1. The molecule has 0 aliphatic carbocycles. The topological polar surface area (TPSA) is 53.7 Å². The smallest absolute Gasteiger partial charge is 0.127 e. The van der Waals surface area contributed by atoms with Crippen molar-refractivity contribution in [3.05, 3.63) is 78.4 Å². The molecule has 182 valence electrons. The SMILES string of the molecule is COC(C)(C)C(C)(C)c1ccc(Sc2ccc(Oc3ccc(OC(C)(C)CN)cc3)cc2)cc1. The van der Waals surface area contributed by atoms with Crippen LogP contribution in [0.1, 0.15) is 47.1 Å². The maximum atomic E-state index is 5.99. The van der Waals surface area contributed by atoms with Gasteiger partial charge in [-0.25, -0.2) is 0 Å². The van der Waals surface area contributed by atoms with Crippen LogP contribution in [0.2, 0.25) is 0 Å². The Balaban J connectivity index is 1.61. The Morgan fingerprint density at radius 1 is 0.676 bits per heavy atom. The molecule has 5 heteroatoms. The number of hydrogen-bond donors (Lipinski definition) is 1. The van der Waals surface area contributed by atoms with Gasteiger partial charge in [0, 0.05) is 28.9 Å². The zero-order chi connectivity index (χ0) is 25.0. The van der Waals surface area contributed by atoms with Crippen molar-refractivity contribution in [2.75, 3.05) is 13.7 Å². The minimum Gasteiger partial charge on any atom is -0.487 e. The van der Waals surface area contributed by atoms with Crippen LogP contribution < -0.4 is 15.2 Å². The molecule has 0 saturated carbocycles. The maximum absolute atomic E-state index is 5.99. The van der Waals surface area contributed by atoms with Gasteiger partial charge in [0.1, 0.15) is 22.8 Å². The molecule has 2 N–H and O–H groups in total. The maximum Gasteiger partial charge on any atom is 0.127 e. The van der Waals surface area contributed by atoms with Crippen molar-refractivity contribution in [3.8, 4) is 17.2 Å². The minimum absolute atomic E-state index is 0.102. The molecule has 0 unspecified atom stereocenters. The number of methoxy groups -OCH3 is 1. The van der Waals surface area contributed by atoms with E-state index in [1.165, 1.54) is 10.5 Å². The summed E-state index contributed by atoms with van der Waals surface area (Å²) in [4.78, 5) is 2.35. The lowest BCUT2D eigenvalue weighted by atomic mass is 9.72. The van der Waals surface area contributed by atoms with E-state index in [4.69, 9.17) is 19.9 Å². The van der Waals surface area contributed by atoms with Crippen molar-refractivity contribution >= 4 is 11.8 Å². The van der Waals surface area contributed by atoms with Gasteiger partial charge in [-0.3, -0.25) is 0 Å². The quantitative estimate of drug-likeness (QED) is 0.327. The molecule has 0 spiro atoms. The predicted octanol–water partition coefficient (Wildman–Crippen LogP) is 7.45. The zero-order valence-electron chi connectivity index (χ0n) is 21.3. The van der Waals surface area contributed by atoms with Gasteiger partial charge in [-0.2, -0.15) is 0 Å². The first-order valence-electron chi connectivity index (χ1n) is 11.6. The lowest BCUT2D eigenvalue weighted by molar-refractivity contribution is -0.0342. The highest BCUT2D eigenvalue weighted by atomic mass is 32.2. The van der Waals surface area contributed by atoms with Gasteiger partial charge in [-0.1, -0.05) is 37.7 Å². The average molecular weight is 480 g/mol. The van der Waals surface area contributed by atoms with Gasteiger partial charge in [0.2, 0.25) is 0 Å². The number of benzene rings is 3. The third-order valence-corrected chi connectivity index (χ3v) is 7.61. The van der Waals surface area contributed by atoms with Crippen LogP contribution in [-0.4, -0.2) is 24.9 Å². The van der Waals surface area contributed by atoms with Crippen molar-refractivity contribution in [1.29, 1.82) is 0 Å². The molecular weight excluding hydrogens is 442 g/mol. The van der Waals surface area contributed by atoms with E-state index in [0.29, 0.717) is 6.54 Å². The molecule has 0 heterocycles. The van der Waals surface area contributed by atoms with Crippen molar-refractivity contribution in [1.82, 2.24) is 0 Å². The first kappa shape index (κ1) is 26.1. The van der Waals surface area contributed by atoms with Crippen LogP contribution in [0, 0.1) is 0 Å². The van der Waals surface area contributed by atoms with Crippen molar-refractivity contribution < 1.29 is 14.2 Å². The molecule has 0 saturated heterocycles. The molecule has 0 bridgehead atoms. The second-order valence-corrected chi connectivity index (χ2v) is 11.2. The summed E-state index contributed by atoms with van der Waals surface area (Å²) in [5.41, 5.74) is 6.24. The highest BCUT2D eigenvalue weighted by molar-refractivity contribution is 7.99. The van der Waals surface area contributed by atoms with Gasteiger partial charge < -0.3 is 19.9 Å². The molecule has 3 aromatic rings. The van der Waals surface area contributed by atoms with E-state index in [1.807, 2.05) is 50.2 Å². The molecule has 0 radical (unpaired) electrons. The van der Waals surface area contributed by atoms with Crippen LogP contribution in [0.25, 0.3) is 0 Å². The molecule has 0 atom stereocenters. The molecule has 4 nitrogen and oxygen atoms in total. The molecule has 0 aromatic heterocycles. The third kappa shape index (κ3) is 6.35. The number of hydrogen-bond acceptors (Lipinski definition) is 5. The van der Waals surface area contributed by atoms with Gasteiger partial charge in [0.15, 0.2) is 0 Å². The zero-order valence-corrected chi connectivity index (χ0v) is 22.2. The summed E-state index contributed by atoms with van der Waals surface area (Å²) >= 11 is 1.73. The van der Waals surface area contributed by atoms with E-state index < -0.39 is 5.60 Å². The van der Waals surface area contributed by atoms with Crippen LogP contribution >= 0.6 is 11.8 Å². The Morgan fingerprint density at radius 2 is 1.12 bits per heavy atom. The molecule has 3 aromatic carbocycles. The third-order valence-electron chi connectivity index (χ3n) is 6.60. The summed E-state index contributed by atoms with van der Waals surface area (Å²) in [6, 6.07) is 24.5. The van der Waals surface area contributed by atoms with Gasteiger partial charge in [0.05, 0.1) is 5.60 Å². The first-order chi connectivity index (χ1) is 16.0. The molecule has 34 heavy (non-hydrogen) atoms. The average Bonchev–Trinajstić information content (AvgIpc) is 2.81. The van der Waals surface area contributed by atoms with E-state index >= 15 is 0 Å². The summed E-state index contributed by atoms with van der Waals surface area (Å²) in [6.45, 7) is 13.1. The van der Waals surface area contributed by atoms with E-state index in [0.717, 1.165) is 22.1 Å².